The molecule has 0 fully saturated rings. The van der Waals surface area contributed by atoms with E-state index in [4.69, 9.17) is 5.11 Å². The minimum atomic E-state index is -1.15. The number of aromatic nitrogens is 2. The van der Waals surface area contributed by atoms with Gasteiger partial charge in [-0.2, -0.15) is 0 Å². The molecule has 0 bridgehead atoms. The Morgan fingerprint density at radius 3 is 2.67 bits per heavy atom. The number of nitrogens with one attached hydrogen (secondary N) is 2. The molecule has 6 nitrogen and oxygen atoms in total. The Kier molecular flexibility index (Phi) is 3.81. The first-order valence-corrected chi connectivity index (χ1v) is 4.64. The van der Waals surface area contributed by atoms with Gasteiger partial charge in [0.1, 0.15) is 23.6 Å². The van der Waals surface area contributed by atoms with Crippen LogP contribution >= 0.6 is 0 Å². The minimum absolute atomic E-state index is 0.226. The molecule has 1 aromatic rings. The molecule has 0 radical (unpaired) electrons. The first kappa shape index (κ1) is 11.7. The third-order valence-electron chi connectivity index (χ3n) is 1.91. The first-order chi connectivity index (χ1) is 7.07. The SMILES string of the molecule is CNc1cc(NCC(C)(O)CO)ncn1. The van der Waals surface area contributed by atoms with E-state index in [-0.39, 0.29) is 13.2 Å². The molecular formula is C9H16N4O2. The highest BCUT2D eigenvalue weighted by molar-refractivity contribution is 5.46. The number of hydrogen-bond acceptors (Lipinski definition) is 6. The van der Waals surface area contributed by atoms with Crippen LogP contribution in [0.4, 0.5) is 11.6 Å². The van der Waals surface area contributed by atoms with Crippen molar-refractivity contribution in [2.24, 2.45) is 0 Å². The minimum Gasteiger partial charge on any atom is -0.393 e. The average Bonchev–Trinajstić information content (AvgIpc) is 2.27. The van der Waals surface area contributed by atoms with Crippen molar-refractivity contribution in [2.75, 3.05) is 30.8 Å². The summed E-state index contributed by atoms with van der Waals surface area (Å²) in [5, 5.41) is 24.2. The van der Waals surface area contributed by atoms with Crippen LogP contribution in [0.25, 0.3) is 0 Å². The van der Waals surface area contributed by atoms with Gasteiger partial charge >= 0.3 is 0 Å². The molecule has 0 amide bonds. The normalized spacial score (nSPS) is 14.4. The summed E-state index contributed by atoms with van der Waals surface area (Å²) < 4.78 is 0. The van der Waals surface area contributed by atoms with Crippen molar-refractivity contribution in [3.05, 3.63) is 12.4 Å². The highest BCUT2D eigenvalue weighted by Crippen LogP contribution is 2.09. The van der Waals surface area contributed by atoms with Crippen molar-refractivity contribution >= 4 is 11.6 Å². The number of hydrogen-bond donors (Lipinski definition) is 4. The molecule has 84 valence electrons. The van der Waals surface area contributed by atoms with Crippen molar-refractivity contribution in [3.63, 3.8) is 0 Å². The highest BCUT2D eigenvalue weighted by atomic mass is 16.3. The molecule has 0 aliphatic rings. The van der Waals surface area contributed by atoms with Crippen LogP contribution in [0.3, 0.4) is 0 Å². The second kappa shape index (κ2) is 4.90. The Hall–Kier alpha value is -1.40. The lowest BCUT2D eigenvalue weighted by atomic mass is 10.1. The van der Waals surface area contributed by atoms with Crippen molar-refractivity contribution in [1.82, 2.24) is 9.97 Å². The van der Waals surface area contributed by atoms with Gasteiger partial charge in [0.15, 0.2) is 0 Å². The van der Waals surface area contributed by atoms with Crippen LogP contribution < -0.4 is 10.6 Å². The van der Waals surface area contributed by atoms with Crippen molar-refractivity contribution in [2.45, 2.75) is 12.5 Å². The molecule has 0 spiro atoms. The van der Waals surface area contributed by atoms with Crippen molar-refractivity contribution < 1.29 is 10.2 Å². The van der Waals surface area contributed by atoms with Crippen LogP contribution in [0.5, 0.6) is 0 Å². The molecule has 15 heavy (non-hydrogen) atoms. The lowest BCUT2D eigenvalue weighted by molar-refractivity contribution is 0.0132. The largest absolute Gasteiger partial charge is 0.393 e. The van der Waals surface area contributed by atoms with E-state index in [0.717, 1.165) is 0 Å². The Labute approximate surface area is 88.4 Å². The molecule has 1 rings (SSSR count). The zero-order valence-electron chi connectivity index (χ0n) is 8.86. The smallest absolute Gasteiger partial charge is 0.131 e. The Bertz CT molecular complexity index is 317. The number of rotatable bonds is 5. The maximum atomic E-state index is 9.54. The Morgan fingerprint density at radius 2 is 2.07 bits per heavy atom. The number of aliphatic hydroxyl groups excluding tert-OH is 1. The molecule has 0 aliphatic carbocycles. The van der Waals surface area contributed by atoms with Gasteiger partial charge in [-0.3, -0.25) is 0 Å². The van der Waals surface area contributed by atoms with Crippen LogP contribution in [0, 0.1) is 0 Å². The molecule has 1 atom stereocenters. The summed E-state index contributed by atoms with van der Waals surface area (Å²) in [6, 6.07) is 1.72. The van der Waals surface area contributed by atoms with Gasteiger partial charge in [-0.05, 0) is 6.92 Å². The summed E-state index contributed by atoms with van der Waals surface area (Å²) in [5.41, 5.74) is -1.15. The van der Waals surface area contributed by atoms with Gasteiger partial charge in [-0.15, -0.1) is 0 Å². The van der Waals surface area contributed by atoms with Crippen LogP contribution in [-0.4, -0.2) is 46.0 Å². The summed E-state index contributed by atoms with van der Waals surface area (Å²) in [4.78, 5) is 7.92. The maximum Gasteiger partial charge on any atom is 0.131 e. The van der Waals surface area contributed by atoms with Gasteiger partial charge < -0.3 is 20.8 Å². The van der Waals surface area contributed by atoms with Crippen molar-refractivity contribution in [1.29, 1.82) is 0 Å². The van der Waals surface area contributed by atoms with Gasteiger partial charge in [0.2, 0.25) is 0 Å². The molecule has 0 aromatic carbocycles. The van der Waals surface area contributed by atoms with Gasteiger partial charge in [-0.1, -0.05) is 0 Å². The third kappa shape index (κ3) is 3.69. The van der Waals surface area contributed by atoms with E-state index in [2.05, 4.69) is 20.6 Å². The van der Waals surface area contributed by atoms with Crippen LogP contribution in [-0.2, 0) is 0 Å². The predicted molar refractivity (Wildman–Crippen MR) is 57.8 cm³/mol. The summed E-state index contributed by atoms with van der Waals surface area (Å²) in [7, 11) is 1.76. The Morgan fingerprint density at radius 1 is 1.40 bits per heavy atom. The van der Waals surface area contributed by atoms with E-state index in [1.54, 1.807) is 20.0 Å². The molecule has 0 saturated heterocycles. The lowest BCUT2D eigenvalue weighted by Gasteiger charge is -2.20. The van der Waals surface area contributed by atoms with Gasteiger partial charge in [0, 0.05) is 19.7 Å². The predicted octanol–water partition coefficient (Wildman–Crippen LogP) is -0.327. The maximum absolute atomic E-state index is 9.54. The van der Waals surface area contributed by atoms with Gasteiger partial charge in [-0.25, -0.2) is 9.97 Å². The second-order valence-corrected chi connectivity index (χ2v) is 3.55. The molecule has 0 saturated carbocycles. The standard InChI is InChI=1S/C9H16N4O2/c1-9(15,5-14)4-11-8-3-7(10-2)12-6-13-8/h3,6,14-15H,4-5H2,1-2H3,(H2,10,11,12,13). The quantitative estimate of drug-likeness (QED) is 0.534. The number of aliphatic hydroxyl groups is 2. The topological polar surface area (TPSA) is 90.3 Å². The fourth-order valence-corrected chi connectivity index (χ4v) is 0.928. The fourth-order valence-electron chi connectivity index (χ4n) is 0.928. The molecule has 6 heteroatoms. The van der Waals surface area contributed by atoms with Gasteiger partial charge in [0.05, 0.1) is 6.61 Å². The molecule has 1 unspecified atom stereocenters. The zero-order valence-corrected chi connectivity index (χ0v) is 8.86. The first-order valence-electron chi connectivity index (χ1n) is 4.64. The van der Waals surface area contributed by atoms with E-state index in [9.17, 15) is 5.11 Å². The van der Waals surface area contributed by atoms with E-state index < -0.39 is 5.60 Å². The molecule has 1 aromatic heterocycles. The monoisotopic (exact) mass is 212 g/mol. The van der Waals surface area contributed by atoms with Crippen LogP contribution in [0.2, 0.25) is 0 Å². The Balaban J connectivity index is 2.57. The average molecular weight is 212 g/mol. The van der Waals surface area contributed by atoms with E-state index in [0.29, 0.717) is 11.6 Å². The summed E-state index contributed by atoms with van der Waals surface area (Å²) >= 11 is 0. The molecule has 4 N–H and O–H groups in total. The molecule has 1 heterocycles. The molecular weight excluding hydrogens is 196 g/mol. The number of anilines is 2. The summed E-state index contributed by atoms with van der Waals surface area (Å²) in [6.07, 6.45) is 1.42. The summed E-state index contributed by atoms with van der Waals surface area (Å²) in [6.45, 7) is 1.47. The second-order valence-electron chi connectivity index (χ2n) is 3.55. The van der Waals surface area contributed by atoms with Crippen molar-refractivity contribution in [3.8, 4) is 0 Å². The molecule has 0 aliphatic heterocycles. The zero-order chi connectivity index (χ0) is 11.3. The van der Waals surface area contributed by atoms with Gasteiger partial charge in [0.25, 0.3) is 0 Å². The highest BCUT2D eigenvalue weighted by Gasteiger charge is 2.18. The fraction of sp³-hybridized carbons (Fsp3) is 0.556. The number of nitrogens with zero attached hydrogens (tertiary/aromatic N) is 2. The lowest BCUT2D eigenvalue weighted by Crippen LogP contribution is -2.37. The van der Waals surface area contributed by atoms with E-state index >= 15 is 0 Å². The third-order valence-corrected chi connectivity index (χ3v) is 1.91. The van der Waals surface area contributed by atoms with E-state index in [1.165, 1.54) is 6.33 Å². The van der Waals surface area contributed by atoms with Crippen LogP contribution in [0.1, 0.15) is 6.92 Å². The van der Waals surface area contributed by atoms with Crippen LogP contribution in [0.15, 0.2) is 12.4 Å². The van der Waals surface area contributed by atoms with E-state index in [1.807, 2.05) is 0 Å². The summed E-state index contributed by atoms with van der Waals surface area (Å²) in [5.74, 6) is 1.29.